The molecule has 0 spiro atoms. The van der Waals surface area contributed by atoms with Gasteiger partial charge in [-0.2, -0.15) is 0 Å². The van der Waals surface area contributed by atoms with E-state index >= 15 is 0 Å². The summed E-state index contributed by atoms with van der Waals surface area (Å²) >= 11 is 0. The number of carbonyl (C=O) groups is 1. The van der Waals surface area contributed by atoms with Crippen molar-refractivity contribution in [3.05, 3.63) is 54.4 Å². The minimum Gasteiger partial charge on any atom is -0.485 e. The van der Waals surface area contributed by atoms with Gasteiger partial charge in [0.05, 0.1) is 30.6 Å². The van der Waals surface area contributed by atoms with Gasteiger partial charge in [0.1, 0.15) is 18.5 Å². The Labute approximate surface area is 152 Å². The van der Waals surface area contributed by atoms with Gasteiger partial charge < -0.3 is 24.8 Å². The fourth-order valence-electron chi connectivity index (χ4n) is 2.71. The minimum atomic E-state index is -0.320. The smallest absolute Gasteiger partial charge is 0.319 e. The molecule has 1 saturated heterocycles. The second-order valence-corrected chi connectivity index (χ2v) is 5.84. The topological polar surface area (TPSA) is 81.7 Å². The van der Waals surface area contributed by atoms with E-state index in [4.69, 9.17) is 14.2 Å². The molecule has 1 aliphatic rings. The van der Waals surface area contributed by atoms with E-state index in [-0.39, 0.29) is 18.2 Å². The molecule has 2 N–H and O–H groups in total. The van der Waals surface area contributed by atoms with Crippen LogP contribution in [0.1, 0.15) is 12.6 Å². The highest BCUT2D eigenvalue weighted by atomic mass is 16.5. The molecular weight excluding hydrogens is 334 g/mol. The number of anilines is 1. The lowest BCUT2D eigenvalue weighted by molar-refractivity contribution is 0.0428. The van der Waals surface area contributed by atoms with E-state index in [1.165, 1.54) is 0 Å². The van der Waals surface area contributed by atoms with Gasteiger partial charge in [-0.3, -0.25) is 4.98 Å². The molecular formula is C19H23N3O4. The summed E-state index contributed by atoms with van der Waals surface area (Å²) in [7, 11) is 0. The van der Waals surface area contributed by atoms with E-state index in [1.54, 1.807) is 18.3 Å². The maximum absolute atomic E-state index is 12.3. The maximum Gasteiger partial charge on any atom is 0.319 e. The molecule has 2 atom stereocenters. The Bertz CT molecular complexity index is 711. The first kappa shape index (κ1) is 18.2. The van der Waals surface area contributed by atoms with Crippen LogP contribution in [-0.2, 0) is 16.1 Å². The summed E-state index contributed by atoms with van der Waals surface area (Å²) in [5.41, 5.74) is 1.40. The molecule has 1 aliphatic heterocycles. The first-order valence-electron chi connectivity index (χ1n) is 8.65. The average molecular weight is 357 g/mol. The van der Waals surface area contributed by atoms with Gasteiger partial charge in [-0.1, -0.05) is 18.2 Å². The number of carbonyl (C=O) groups excluding carboxylic acids is 1. The molecule has 1 fully saturated rings. The summed E-state index contributed by atoms with van der Waals surface area (Å²) in [5.74, 6) is 0.581. The van der Waals surface area contributed by atoms with E-state index < -0.39 is 0 Å². The molecule has 0 bridgehead atoms. The number of pyridine rings is 1. The summed E-state index contributed by atoms with van der Waals surface area (Å²) in [5, 5.41) is 5.73. The van der Waals surface area contributed by atoms with Crippen molar-refractivity contribution in [1.82, 2.24) is 10.3 Å². The molecule has 1 aromatic carbocycles. The van der Waals surface area contributed by atoms with Gasteiger partial charge in [-0.15, -0.1) is 0 Å². The van der Waals surface area contributed by atoms with Crippen molar-refractivity contribution in [2.45, 2.75) is 25.7 Å². The molecule has 2 amide bonds. The summed E-state index contributed by atoms with van der Waals surface area (Å²) in [6, 6.07) is 12.4. The van der Waals surface area contributed by atoms with Gasteiger partial charge in [-0.25, -0.2) is 4.79 Å². The second kappa shape index (κ2) is 9.17. The van der Waals surface area contributed by atoms with Gasteiger partial charge in [0.2, 0.25) is 0 Å². The standard InChI is InChI=1S/C19H23N3O4/c1-2-25-18-13-24-12-16(18)22-19(23)21-15-8-3-4-9-17(15)26-11-14-7-5-6-10-20-14/h3-10,16,18H,2,11-13H2,1H3,(H2,21,22,23)/t16-,18-/m0/s1. The first-order valence-corrected chi connectivity index (χ1v) is 8.65. The molecule has 2 heterocycles. The molecule has 0 unspecified atom stereocenters. The lowest BCUT2D eigenvalue weighted by atomic mass is 10.2. The highest BCUT2D eigenvalue weighted by Crippen LogP contribution is 2.24. The number of amides is 2. The van der Waals surface area contributed by atoms with Crippen LogP contribution < -0.4 is 15.4 Å². The molecule has 2 aromatic rings. The zero-order valence-corrected chi connectivity index (χ0v) is 14.7. The largest absolute Gasteiger partial charge is 0.485 e. The molecule has 7 heteroatoms. The Hall–Kier alpha value is -2.64. The Kier molecular flexibility index (Phi) is 6.40. The third-order valence-electron chi connectivity index (χ3n) is 3.96. The van der Waals surface area contributed by atoms with Gasteiger partial charge in [0, 0.05) is 12.8 Å². The monoisotopic (exact) mass is 357 g/mol. The van der Waals surface area contributed by atoms with Crippen LogP contribution in [0.25, 0.3) is 0 Å². The Balaban J connectivity index is 1.58. The van der Waals surface area contributed by atoms with E-state index in [1.807, 2.05) is 37.3 Å². The number of nitrogens with one attached hydrogen (secondary N) is 2. The maximum atomic E-state index is 12.3. The SMILES string of the molecule is CCO[C@H]1COC[C@@H]1NC(=O)Nc1ccccc1OCc1ccccn1. The highest BCUT2D eigenvalue weighted by molar-refractivity contribution is 5.91. The number of rotatable bonds is 7. The number of nitrogens with zero attached hydrogens (tertiary/aromatic N) is 1. The molecule has 26 heavy (non-hydrogen) atoms. The Morgan fingerprint density at radius 1 is 1.23 bits per heavy atom. The van der Waals surface area contributed by atoms with Crippen molar-refractivity contribution in [1.29, 1.82) is 0 Å². The van der Waals surface area contributed by atoms with Gasteiger partial charge in [-0.05, 0) is 31.2 Å². The summed E-state index contributed by atoms with van der Waals surface area (Å²) < 4.78 is 16.8. The fraction of sp³-hybridized carbons (Fsp3) is 0.368. The Morgan fingerprint density at radius 2 is 2.08 bits per heavy atom. The molecule has 0 radical (unpaired) electrons. The lowest BCUT2D eigenvalue weighted by Crippen LogP contribution is -2.45. The number of aromatic nitrogens is 1. The van der Waals surface area contributed by atoms with E-state index in [9.17, 15) is 4.79 Å². The third kappa shape index (κ3) is 4.93. The molecule has 1 aromatic heterocycles. The number of hydrogen-bond acceptors (Lipinski definition) is 5. The van der Waals surface area contributed by atoms with Crippen molar-refractivity contribution in [2.24, 2.45) is 0 Å². The normalized spacial score (nSPS) is 19.1. The van der Waals surface area contributed by atoms with Crippen LogP contribution in [0.5, 0.6) is 5.75 Å². The van der Waals surface area contributed by atoms with Crippen LogP contribution in [0, 0.1) is 0 Å². The predicted molar refractivity (Wildman–Crippen MR) is 97.2 cm³/mol. The fourth-order valence-corrected chi connectivity index (χ4v) is 2.71. The van der Waals surface area contributed by atoms with E-state index in [2.05, 4.69) is 15.6 Å². The molecule has 3 rings (SSSR count). The average Bonchev–Trinajstić information content (AvgIpc) is 3.09. The minimum absolute atomic E-state index is 0.124. The quantitative estimate of drug-likeness (QED) is 0.796. The number of benzene rings is 1. The number of ether oxygens (including phenoxy) is 3. The van der Waals surface area contributed by atoms with Crippen LogP contribution in [-0.4, -0.2) is 43.0 Å². The van der Waals surface area contributed by atoms with Crippen molar-refractivity contribution >= 4 is 11.7 Å². The van der Waals surface area contributed by atoms with Crippen LogP contribution in [0.4, 0.5) is 10.5 Å². The van der Waals surface area contributed by atoms with E-state index in [0.29, 0.717) is 37.9 Å². The number of hydrogen-bond donors (Lipinski definition) is 2. The Morgan fingerprint density at radius 3 is 2.88 bits per heavy atom. The van der Waals surface area contributed by atoms with Crippen molar-refractivity contribution in [3.63, 3.8) is 0 Å². The van der Waals surface area contributed by atoms with Crippen LogP contribution in [0.15, 0.2) is 48.7 Å². The van der Waals surface area contributed by atoms with Gasteiger partial charge in [0.25, 0.3) is 0 Å². The van der Waals surface area contributed by atoms with Crippen molar-refractivity contribution in [3.8, 4) is 5.75 Å². The third-order valence-corrected chi connectivity index (χ3v) is 3.96. The molecule has 0 aliphatic carbocycles. The molecule has 138 valence electrons. The van der Waals surface area contributed by atoms with Crippen LogP contribution in [0.3, 0.4) is 0 Å². The summed E-state index contributed by atoms with van der Waals surface area (Å²) in [6.07, 6.45) is 1.59. The zero-order valence-electron chi connectivity index (χ0n) is 14.7. The van der Waals surface area contributed by atoms with Crippen LogP contribution in [0.2, 0.25) is 0 Å². The van der Waals surface area contributed by atoms with Crippen LogP contribution >= 0.6 is 0 Å². The lowest BCUT2D eigenvalue weighted by Gasteiger charge is -2.19. The zero-order chi connectivity index (χ0) is 18.2. The van der Waals surface area contributed by atoms with Gasteiger partial charge >= 0.3 is 6.03 Å². The molecule has 7 nitrogen and oxygen atoms in total. The summed E-state index contributed by atoms with van der Waals surface area (Å²) in [6.45, 7) is 3.76. The number of urea groups is 1. The van der Waals surface area contributed by atoms with E-state index in [0.717, 1.165) is 5.69 Å². The van der Waals surface area contributed by atoms with Gasteiger partial charge in [0.15, 0.2) is 0 Å². The predicted octanol–water partition coefficient (Wildman–Crippen LogP) is 2.59. The molecule has 0 saturated carbocycles. The van der Waals surface area contributed by atoms with Crippen molar-refractivity contribution in [2.75, 3.05) is 25.1 Å². The number of para-hydroxylation sites is 2. The highest BCUT2D eigenvalue weighted by Gasteiger charge is 2.30. The van der Waals surface area contributed by atoms with Crippen molar-refractivity contribution < 1.29 is 19.0 Å². The second-order valence-electron chi connectivity index (χ2n) is 5.84. The summed E-state index contributed by atoms with van der Waals surface area (Å²) in [4.78, 5) is 16.6. The first-order chi connectivity index (χ1) is 12.8.